The molecule has 0 saturated carbocycles. The lowest BCUT2D eigenvalue weighted by Crippen LogP contribution is -2.51. The van der Waals surface area contributed by atoms with Crippen LogP contribution in [0.4, 0.5) is 0 Å². The van der Waals surface area contributed by atoms with Gasteiger partial charge < -0.3 is 14.4 Å². The van der Waals surface area contributed by atoms with Crippen LogP contribution in [0.5, 0.6) is 0 Å². The third-order valence-electron chi connectivity index (χ3n) is 4.11. The zero-order chi connectivity index (χ0) is 20.9. The Bertz CT molecular complexity index is 867. The van der Waals surface area contributed by atoms with Gasteiger partial charge in [0.15, 0.2) is 6.10 Å². The number of carbonyl (C=O) groups is 2. The van der Waals surface area contributed by atoms with Gasteiger partial charge >= 0.3 is 5.97 Å². The van der Waals surface area contributed by atoms with Crippen LogP contribution in [0, 0.1) is 12.3 Å². The summed E-state index contributed by atoms with van der Waals surface area (Å²) in [6.07, 6.45) is 3.84. The number of nitrogens with zero attached hydrogens (tertiary/aromatic N) is 1. The van der Waals surface area contributed by atoms with E-state index in [1.54, 1.807) is 4.90 Å². The molecular weight excluding hydrogens is 384 g/mol. The van der Waals surface area contributed by atoms with Crippen LogP contribution in [0.1, 0.15) is 31.1 Å². The van der Waals surface area contributed by atoms with Gasteiger partial charge in [-0.2, -0.15) is 4.72 Å². The number of ether oxygens (including phenoxy) is 2. The quantitative estimate of drug-likeness (QED) is 0.551. The van der Waals surface area contributed by atoms with Crippen molar-refractivity contribution in [3.05, 3.63) is 29.8 Å². The fourth-order valence-electron chi connectivity index (χ4n) is 2.90. The third-order valence-corrected chi connectivity index (χ3v) is 5.51. The second-order valence-electron chi connectivity index (χ2n) is 6.60. The number of morpholine rings is 1. The standard InChI is InChI=1S/C19H24N2O6S/c1-5-9-20-28(24,25)17-8-6-7-16(10-17)19(23)27-15(4)18(22)21-11-13(2)26-14(3)12-21/h1,6-8,10,13-15,20H,9,11-12H2,2-4H3. The number of sulfonamides is 1. The lowest BCUT2D eigenvalue weighted by Gasteiger charge is -2.36. The highest BCUT2D eigenvalue weighted by Crippen LogP contribution is 2.16. The first-order valence-electron chi connectivity index (χ1n) is 8.82. The fourth-order valence-corrected chi connectivity index (χ4v) is 3.88. The molecule has 1 amide bonds. The normalized spacial score (nSPS) is 20.9. The molecule has 1 aliphatic rings. The Labute approximate surface area is 165 Å². The van der Waals surface area contributed by atoms with Crippen molar-refractivity contribution in [1.82, 2.24) is 9.62 Å². The minimum absolute atomic E-state index is 0.0203. The number of hydrogen-bond donors (Lipinski definition) is 1. The van der Waals surface area contributed by atoms with Crippen molar-refractivity contribution in [3.8, 4) is 12.3 Å². The summed E-state index contributed by atoms with van der Waals surface area (Å²) in [4.78, 5) is 26.4. The van der Waals surface area contributed by atoms with Gasteiger partial charge in [-0.3, -0.25) is 4.79 Å². The van der Waals surface area contributed by atoms with Crippen molar-refractivity contribution in [2.75, 3.05) is 19.6 Å². The maximum Gasteiger partial charge on any atom is 0.338 e. The molecule has 3 atom stereocenters. The molecule has 0 aliphatic carbocycles. The lowest BCUT2D eigenvalue weighted by atomic mass is 10.2. The molecule has 8 nitrogen and oxygen atoms in total. The first kappa shape index (κ1) is 21.9. The summed E-state index contributed by atoms with van der Waals surface area (Å²) in [7, 11) is -3.84. The summed E-state index contributed by atoms with van der Waals surface area (Å²) in [6.45, 7) is 5.89. The molecule has 9 heteroatoms. The van der Waals surface area contributed by atoms with Crippen molar-refractivity contribution < 1.29 is 27.5 Å². The van der Waals surface area contributed by atoms with Crippen molar-refractivity contribution in [2.45, 2.75) is 44.0 Å². The average Bonchev–Trinajstić information content (AvgIpc) is 2.65. The summed E-state index contributed by atoms with van der Waals surface area (Å²) in [5, 5.41) is 0. The molecule has 1 saturated heterocycles. The average molecular weight is 408 g/mol. The van der Waals surface area contributed by atoms with Gasteiger partial charge in [-0.25, -0.2) is 13.2 Å². The van der Waals surface area contributed by atoms with Gasteiger partial charge in [0.2, 0.25) is 10.0 Å². The molecule has 0 aromatic heterocycles. The molecule has 0 radical (unpaired) electrons. The molecule has 3 unspecified atom stereocenters. The van der Waals surface area contributed by atoms with E-state index in [-0.39, 0.29) is 35.1 Å². The Hall–Kier alpha value is -2.41. The molecular formula is C19H24N2O6S. The van der Waals surface area contributed by atoms with Gasteiger partial charge in [0.25, 0.3) is 5.91 Å². The van der Waals surface area contributed by atoms with Gasteiger partial charge in [-0.15, -0.1) is 6.42 Å². The van der Waals surface area contributed by atoms with Gasteiger partial charge in [-0.1, -0.05) is 12.0 Å². The molecule has 152 valence electrons. The molecule has 1 aromatic rings. The van der Waals surface area contributed by atoms with Crippen molar-refractivity contribution >= 4 is 21.9 Å². The van der Waals surface area contributed by atoms with E-state index in [2.05, 4.69) is 10.6 Å². The largest absolute Gasteiger partial charge is 0.449 e. The van der Waals surface area contributed by atoms with Crippen molar-refractivity contribution in [3.63, 3.8) is 0 Å². The molecule has 0 bridgehead atoms. The van der Waals surface area contributed by atoms with Crippen molar-refractivity contribution in [2.24, 2.45) is 0 Å². The minimum atomic E-state index is -3.84. The van der Waals surface area contributed by atoms with Gasteiger partial charge in [0.05, 0.1) is 29.2 Å². The number of rotatable bonds is 6. The Kier molecular flexibility index (Phi) is 7.18. The van der Waals surface area contributed by atoms with Crippen LogP contribution >= 0.6 is 0 Å². The smallest absolute Gasteiger partial charge is 0.338 e. The highest BCUT2D eigenvalue weighted by Gasteiger charge is 2.30. The Morgan fingerprint density at radius 2 is 2.00 bits per heavy atom. The van der Waals surface area contributed by atoms with Gasteiger partial charge in [0, 0.05) is 13.1 Å². The van der Waals surface area contributed by atoms with E-state index >= 15 is 0 Å². The number of terminal acetylenes is 1. The number of benzene rings is 1. The summed E-state index contributed by atoms with van der Waals surface area (Å²) < 4.78 is 37.3. The zero-order valence-corrected chi connectivity index (χ0v) is 16.9. The van der Waals surface area contributed by atoms with Gasteiger partial charge in [-0.05, 0) is 39.0 Å². The van der Waals surface area contributed by atoms with E-state index in [1.807, 2.05) is 13.8 Å². The summed E-state index contributed by atoms with van der Waals surface area (Å²) in [5.74, 6) is 1.06. The molecule has 0 spiro atoms. The zero-order valence-electron chi connectivity index (χ0n) is 16.0. The van der Waals surface area contributed by atoms with E-state index in [0.29, 0.717) is 13.1 Å². The van der Waals surface area contributed by atoms with E-state index in [9.17, 15) is 18.0 Å². The van der Waals surface area contributed by atoms with Crippen LogP contribution in [0.3, 0.4) is 0 Å². The predicted molar refractivity (Wildman–Crippen MR) is 102 cm³/mol. The van der Waals surface area contributed by atoms with Crippen LogP contribution in [0.25, 0.3) is 0 Å². The topological polar surface area (TPSA) is 102 Å². The summed E-state index contributed by atoms with van der Waals surface area (Å²) in [5.41, 5.74) is 0.0203. The number of amides is 1. The van der Waals surface area contributed by atoms with Crippen LogP contribution < -0.4 is 4.72 Å². The number of nitrogens with one attached hydrogen (secondary N) is 1. The monoisotopic (exact) mass is 408 g/mol. The molecule has 2 rings (SSSR count). The number of hydrogen-bond acceptors (Lipinski definition) is 6. The van der Waals surface area contributed by atoms with E-state index in [4.69, 9.17) is 15.9 Å². The Morgan fingerprint density at radius 3 is 2.61 bits per heavy atom. The first-order valence-corrected chi connectivity index (χ1v) is 10.3. The molecule has 1 aliphatic heterocycles. The highest BCUT2D eigenvalue weighted by molar-refractivity contribution is 7.89. The maximum absolute atomic E-state index is 12.6. The number of carbonyl (C=O) groups excluding carboxylic acids is 2. The van der Waals surface area contributed by atoms with Crippen molar-refractivity contribution in [1.29, 1.82) is 0 Å². The molecule has 1 fully saturated rings. The summed E-state index contributed by atoms with van der Waals surface area (Å²) in [6, 6.07) is 5.34. The second kappa shape index (κ2) is 9.19. The first-order chi connectivity index (χ1) is 13.1. The SMILES string of the molecule is C#CCNS(=O)(=O)c1cccc(C(=O)OC(C)C(=O)N2CC(C)OC(C)C2)c1. The Morgan fingerprint density at radius 1 is 1.36 bits per heavy atom. The van der Waals surface area contributed by atoms with E-state index < -0.39 is 22.1 Å². The van der Waals surface area contributed by atoms with E-state index in [0.717, 1.165) is 0 Å². The predicted octanol–water partition coefficient (Wildman–Crippen LogP) is 0.779. The molecule has 1 heterocycles. The van der Waals surface area contributed by atoms with Crippen LogP contribution in [0.2, 0.25) is 0 Å². The second-order valence-corrected chi connectivity index (χ2v) is 8.37. The minimum Gasteiger partial charge on any atom is -0.449 e. The Balaban J connectivity index is 2.07. The third kappa shape index (κ3) is 5.55. The fraction of sp³-hybridized carbons (Fsp3) is 0.474. The van der Waals surface area contributed by atoms with Crippen LogP contribution in [0.15, 0.2) is 29.2 Å². The van der Waals surface area contributed by atoms with Gasteiger partial charge in [0.1, 0.15) is 0 Å². The lowest BCUT2D eigenvalue weighted by molar-refractivity contribution is -0.151. The molecule has 1 aromatic carbocycles. The molecule has 1 N–H and O–H groups in total. The maximum atomic E-state index is 12.6. The van der Waals surface area contributed by atoms with Crippen LogP contribution in [-0.2, 0) is 24.3 Å². The molecule has 28 heavy (non-hydrogen) atoms. The van der Waals surface area contributed by atoms with Crippen LogP contribution in [-0.4, -0.2) is 63.1 Å². The number of esters is 1. The van der Waals surface area contributed by atoms with E-state index in [1.165, 1.54) is 31.2 Å². The highest BCUT2D eigenvalue weighted by atomic mass is 32.2. The summed E-state index contributed by atoms with van der Waals surface area (Å²) >= 11 is 0.